The molecule has 10 heavy (non-hydrogen) atoms. The molecule has 1 aliphatic rings. The molecular weight excluding hydrogens is 126 g/mol. The van der Waals surface area contributed by atoms with Crippen molar-refractivity contribution in [3.63, 3.8) is 0 Å². The summed E-state index contributed by atoms with van der Waals surface area (Å²) in [6, 6.07) is 0. The van der Waals surface area contributed by atoms with E-state index < -0.39 is 0 Å². The highest BCUT2D eigenvalue weighted by atomic mass is 16.2. The third kappa shape index (κ3) is 2.67. The van der Waals surface area contributed by atoms with Crippen LogP contribution in [-0.4, -0.2) is 24.8 Å². The van der Waals surface area contributed by atoms with Gasteiger partial charge in [0.1, 0.15) is 0 Å². The van der Waals surface area contributed by atoms with Gasteiger partial charge in [-0.3, -0.25) is 0 Å². The Morgan fingerprint density at radius 1 is 1.30 bits per heavy atom. The highest BCUT2D eigenvalue weighted by molar-refractivity contribution is 4.60. The summed E-state index contributed by atoms with van der Waals surface area (Å²) < 4.78 is 0. The van der Waals surface area contributed by atoms with E-state index in [1.807, 2.05) is 0 Å². The zero-order valence-electron chi connectivity index (χ0n) is 6.55. The molecule has 0 bridgehead atoms. The standard InChI is InChI=1S/C8H17NO/c10-7-1-2-8-3-5-9-6-4-8/h8-10H,1-7H2/p+1. The third-order valence-corrected chi connectivity index (χ3v) is 2.33. The molecule has 0 amide bonds. The largest absolute Gasteiger partial charge is 0.396 e. The van der Waals surface area contributed by atoms with Crippen LogP contribution in [0, 0.1) is 5.92 Å². The highest BCUT2D eigenvalue weighted by Gasteiger charge is 2.13. The van der Waals surface area contributed by atoms with E-state index in [1.54, 1.807) is 0 Å². The first-order chi connectivity index (χ1) is 4.93. The number of hydrogen-bond donors (Lipinski definition) is 2. The van der Waals surface area contributed by atoms with Gasteiger partial charge in [0, 0.05) is 6.61 Å². The number of aliphatic hydroxyl groups excluding tert-OH is 1. The van der Waals surface area contributed by atoms with E-state index in [2.05, 4.69) is 5.32 Å². The molecule has 1 aliphatic heterocycles. The van der Waals surface area contributed by atoms with E-state index >= 15 is 0 Å². The van der Waals surface area contributed by atoms with Crippen LogP contribution in [-0.2, 0) is 0 Å². The van der Waals surface area contributed by atoms with Gasteiger partial charge in [-0.25, -0.2) is 0 Å². The minimum absolute atomic E-state index is 0.375. The molecule has 1 rings (SSSR count). The van der Waals surface area contributed by atoms with Crippen molar-refractivity contribution in [1.29, 1.82) is 0 Å². The van der Waals surface area contributed by atoms with Gasteiger partial charge < -0.3 is 10.4 Å². The summed E-state index contributed by atoms with van der Waals surface area (Å²) in [5.41, 5.74) is 0. The first-order valence-corrected chi connectivity index (χ1v) is 4.36. The van der Waals surface area contributed by atoms with Gasteiger partial charge >= 0.3 is 0 Å². The molecule has 2 nitrogen and oxygen atoms in total. The third-order valence-electron chi connectivity index (χ3n) is 2.33. The number of quaternary nitrogens is 1. The van der Waals surface area contributed by atoms with Crippen molar-refractivity contribution in [3.8, 4) is 0 Å². The lowest BCUT2D eigenvalue weighted by Crippen LogP contribution is -2.86. The van der Waals surface area contributed by atoms with E-state index in [0.29, 0.717) is 6.61 Å². The lowest BCUT2D eigenvalue weighted by molar-refractivity contribution is -0.664. The molecule has 0 aromatic carbocycles. The van der Waals surface area contributed by atoms with Crippen molar-refractivity contribution in [2.24, 2.45) is 5.92 Å². The first kappa shape index (κ1) is 8.02. The van der Waals surface area contributed by atoms with Gasteiger partial charge in [0.2, 0.25) is 0 Å². The van der Waals surface area contributed by atoms with Gasteiger partial charge in [0.05, 0.1) is 13.1 Å². The topological polar surface area (TPSA) is 36.8 Å². The molecule has 0 spiro atoms. The van der Waals surface area contributed by atoms with Crippen LogP contribution < -0.4 is 5.32 Å². The molecule has 1 saturated heterocycles. The summed E-state index contributed by atoms with van der Waals surface area (Å²) in [5, 5.41) is 11.0. The van der Waals surface area contributed by atoms with Crippen LogP contribution in [0.15, 0.2) is 0 Å². The molecule has 1 fully saturated rings. The second-order valence-corrected chi connectivity index (χ2v) is 3.18. The van der Waals surface area contributed by atoms with Gasteiger partial charge in [-0.15, -0.1) is 0 Å². The Hall–Kier alpha value is -0.0800. The monoisotopic (exact) mass is 144 g/mol. The Kier molecular flexibility index (Phi) is 3.76. The molecule has 3 N–H and O–H groups in total. The Morgan fingerprint density at radius 2 is 2.00 bits per heavy atom. The number of nitrogens with two attached hydrogens (primary N) is 1. The smallest absolute Gasteiger partial charge is 0.0758 e. The molecule has 0 radical (unpaired) electrons. The molecule has 0 saturated carbocycles. The zero-order chi connectivity index (χ0) is 7.23. The Morgan fingerprint density at radius 3 is 2.60 bits per heavy atom. The van der Waals surface area contributed by atoms with Crippen LogP contribution >= 0.6 is 0 Å². The van der Waals surface area contributed by atoms with Crippen LogP contribution in [0.5, 0.6) is 0 Å². The summed E-state index contributed by atoms with van der Waals surface area (Å²) in [5.74, 6) is 0.914. The molecule has 1 heterocycles. The second kappa shape index (κ2) is 4.69. The molecule has 0 atom stereocenters. The Labute approximate surface area is 62.6 Å². The molecular formula is C8H18NO+. The molecule has 2 heteroatoms. The maximum Gasteiger partial charge on any atom is 0.0758 e. The van der Waals surface area contributed by atoms with Crippen molar-refractivity contribution in [2.75, 3.05) is 19.7 Å². The van der Waals surface area contributed by atoms with Crippen molar-refractivity contribution >= 4 is 0 Å². The average Bonchev–Trinajstić information content (AvgIpc) is 2.03. The summed E-state index contributed by atoms with van der Waals surface area (Å²) >= 11 is 0. The number of piperidine rings is 1. The average molecular weight is 144 g/mol. The number of hydrogen-bond acceptors (Lipinski definition) is 1. The summed E-state index contributed by atoms with van der Waals surface area (Å²) in [7, 11) is 0. The van der Waals surface area contributed by atoms with Crippen molar-refractivity contribution < 1.29 is 10.4 Å². The summed E-state index contributed by atoms with van der Waals surface area (Å²) in [4.78, 5) is 0. The fourth-order valence-electron chi connectivity index (χ4n) is 1.66. The van der Waals surface area contributed by atoms with Crippen molar-refractivity contribution in [1.82, 2.24) is 0 Å². The molecule has 0 aliphatic carbocycles. The first-order valence-electron chi connectivity index (χ1n) is 4.36. The molecule has 0 aromatic rings. The highest BCUT2D eigenvalue weighted by Crippen LogP contribution is 2.14. The fraction of sp³-hybridized carbons (Fsp3) is 1.00. The lowest BCUT2D eigenvalue weighted by Gasteiger charge is -2.19. The van der Waals surface area contributed by atoms with Crippen molar-refractivity contribution in [3.05, 3.63) is 0 Å². The maximum absolute atomic E-state index is 8.59. The second-order valence-electron chi connectivity index (χ2n) is 3.18. The predicted octanol–water partition coefficient (Wildman–Crippen LogP) is -0.268. The van der Waals surface area contributed by atoms with E-state index in [0.717, 1.165) is 12.3 Å². The fourth-order valence-corrected chi connectivity index (χ4v) is 1.66. The van der Waals surface area contributed by atoms with Crippen LogP contribution in [0.2, 0.25) is 0 Å². The quantitative estimate of drug-likeness (QED) is 0.562. The zero-order valence-corrected chi connectivity index (χ0v) is 6.55. The molecule has 0 aromatic heterocycles. The minimum Gasteiger partial charge on any atom is -0.396 e. The van der Waals surface area contributed by atoms with Gasteiger partial charge in [-0.05, 0) is 31.6 Å². The van der Waals surface area contributed by atoms with Crippen LogP contribution in [0.1, 0.15) is 25.7 Å². The van der Waals surface area contributed by atoms with E-state index in [9.17, 15) is 0 Å². The van der Waals surface area contributed by atoms with Gasteiger partial charge in [0.15, 0.2) is 0 Å². The molecule has 60 valence electrons. The van der Waals surface area contributed by atoms with Crippen LogP contribution in [0.4, 0.5) is 0 Å². The van der Waals surface area contributed by atoms with Gasteiger partial charge in [-0.1, -0.05) is 0 Å². The maximum atomic E-state index is 8.59. The van der Waals surface area contributed by atoms with E-state index in [1.165, 1.54) is 32.4 Å². The number of rotatable bonds is 3. The van der Waals surface area contributed by atoms with Crippen molar-refractivity contribution in [2.45, 2.75) is 25.7 Å². The normalized spacial score (nSPS) is 21.3. The minimum atomic E-state index is 0.375. The van der Waals surface area contributed by atoms with E-state index in [4.69, 9.17) is 5.11 Å². The predicted molar refractivity (Wildman–Crippen MR) is 40.7 cm³/mol. The number of aliphatic hydroxyl groups is 1. The van der Waals surface area contributed by atoms with Gasteiger partial charge in [0.25, 0.3) is 0 Å². The van der Waals surface area contributed by atoms with Crippen LogP contribution in [0.3, 0.4) is 0 Å². The van der Waals surface area contributed by atoms with E-state index in [-0.39, 0.29) is 0 Å². The Balaban J connectivity index is 2.02. The lowest BCUT2D eigenvalue weighted by atomic mass is 9.93. The van der Waals surface area contributed by atoms with Gasteiger partial charge in [-0.2, -0.15) is 0 Å². The summed E-state index contributed by atoms with van der Waals surface area (Å²) in [6.07, 6.45) is 4.97. The summed E-state index contributed by atoms with van der Waals surface area (Å²) in [6.45, 7) is 2.98. The molecule has 0 unspecified atom stereocenters. The van der Waals surface area contributed by atoms with Crippen LogP contribution in [0.25, 0.3) is 0 Å². The Bertz CT molecular complexity index is 79.3. The SMILES string of the molecule is OCCCC1CC[NH2+]CC1.